The van der Waals surface area contributed by atoms with E-state index in [0.717, 1.165) is 30.0 Å². The van der Waals surface area contributed by atoms with E-state index in [1.165, 1.54) is 19.2 Å². The predicted octanol–water partition coefficient (Wildman–Crippen LogP) is 3.37. The van der Waals surface area contributed by atoms with Crippen LogP contribution in [-0.4, -0.2) is 27.5 Å². The van der Waals surface area contributed by atoms with Gasteiger partial charge in [-0.2, -0.15) is 4.31 Å². The molecule has 7 heteroatoms. The number of amides is 1. The van der Waals surface area contributed by atoms with Gasteiger partial charge in [0.1, 0.15) is 4.90 Å². The second-order valence-electron chi connectivity index (χ2n) is 6.43. The van der Waals surface area contributed by atoms with Gasteiger partial charge in [-0.25, -0.2) is 8.42 Å². The van der Waals surface area contributed by atoms with E-state index in [2.05, 4.69) is 0 Å². The van der Waals surface area contributed by atoms with Crippen molar-refractivity contribution in [1.29, 1.82) is 0 Å². The Hall–Kier alpha value is -2.54. The van der Waals surface area contributed by atoms with Crippen molar-refractivity contribution in [2.45, 2.75) is 36.7 Å². The molecule has 2 aliphatic rings. The molecule has 1 aliphatic heterocycles. The molecule has 0 aromatic heterocycles. The monoisotopic (exact) mass is 373 g/mol. The van der Waals surface area contributed by atoms with Crippen molar-refractivity contribution in [2.24, 2.45) is 0 Å². The second-order valence-corrected chi connectivity index (χ2v) is 8.19. The summed E-state index contributed by atoms with van der Waals surface area (Å²) >= 11 is 0. The molecule has 0 spiro atoms. The number of anilines is 1. The number of methoxy groups -OCH3 is 1. The quantitative estimate of drug-likeness (QED) is 0.822. The summed E-state index contributed by atoms with van der Waals surface area (Å²) in [7, 11) is -2.39. The van der Waals surface area contributed by atoms with E-state index in [9.17, 15) is 13.2 Å². The van der Waals surface area contributed by atoms with E-state index >= 15 is 0 Å². The molecule has 2 aromatic carbocycles. The van der Waals surface area contributed by atoms with E-state index in [1.807, 2.05) is 0 Å². The number of carbonyl (C=O) groups is 1. The molecule has 0 radical (unpaired) electrons. The van der Waals surface area contributed by atoms with E-state index < -0.39 is 15.9 Å². The van der Waals surface area contributed by atoms with Crippen LogP contribution in [0, 0.1) is 0 Å². The van der Waals surface area contributed by atoms with Gasteiger partial charge < -0.3 is 9.47 Å². The molecule has 1 amide bonds. The summed E-state index contributed by atoms with van der Waals surface area (Å²) in [5, 5.41) is 0. The van der Waals surface area contributed by atoms with Gasteiger partial charge >= 0.3 is 0 Å². The number of fused-ring (bicyclic) bond motifs is 1. The minimum Gasteiger partial charge on any atom is -0.493 e. The average molecular weight is 373 g/mol. The van der Waals surface area contributed by atoms with Gasteiger partial charge in [-0.05, 0) is 49.9 Å². The Morgan fingerprint density at radius 3 is 2.46 bits per heavy atom. The summed E-state index contributed by atoms with van der Waals surface area (Å²) in [6, 6.07) is 11.0. The fraction of sp³-hybridized carbons (Fsp3) is 0.316. The van der Waals surface area contributed by atoms with Crippen molar-refractivity contribution in [1.82, 2.24) is 0 Å². The summed E-state index contributed by atoms with van der Waals surface area (Å²) in [6.07, 6.45) is 4.23. The zero-order chi connectivity index (χ0) is 18.3. The summed E-state index contributed by atoms with van der Waals surface area (Å²) in [6.45, 7) is 0. The van der Waals surface area contributed by atoms with Crippen LogP contribution in [0.2, 0.25) is 0 Å². The average Bonchev–Trinajstić information content (AvgIpc) is 3.21. The number of hydrogen-bond acceptors (Lipinski definition) is 5. The van der Waals surface area contributed by atoms with Crippen LogP contribution < -0.4 is 13.8 Å². The van der Waals surface area contributed by atoms with Crippen LogP contribution in [0.1, 0.15) is 36.0 Å². The van der Waals surface area contributed by atoms with Gasteiger partial charge in [-0.15, -0.1) is 0 Å². The van der Waals surface area contributed by atoms with E-state index in [0.29, 0.717) is 11.5 Å². The van der Waals surface area contributed by atoms with Crippen LogP contribution in [0.5, 0.6) is 11.5 Å². The molecule has 26 heavy (non-hydrogen) atoms. The minimum atomic E-state index is -3.92. The lowest BCUT2D eigenvalue weighted by Crippen LogP contribution is -2.29. The van der Waals surface area contributed by atoms with Gasteiger partial charge in [0.25, 0.3) is 15.9 Å². The van der Waals surface area contributed by atoms with Gasteiger partial charge in [0, 0.05) is 6.07 Å². The third-order valence-corrected chi connectivity index (χ3v) is 6.57. The van der Waals surface area contributed by atoms with Gasteiger partial charge in [0.2, 0.25) is 0 Å². The Bertz CT molecular complexity index is 964. The highest BCUT2D eigenvalue weighted by atomic mass is 32.2. The van der Waals surface area contributed by atoms with Gasteiger partial charge in [0.05, 0.1) is 24.5 Å². The lowest BCUT2D eigenvalue weighted by atomic mass is 10.2. The highest BCUT2D eigenvalue weighted by Gasteiger charge is 2.42. The lowest BCUT2D eigenvalue weighted by molar-refractivity contribution is 0.101. The summed E-state index contributed by atoms with van der Waals surface area (Å²) in [5.74, 6) is 0.413. The molecular formula is C19H19NO5S. The zero-order valence-electron chi connectivity index (χ0n) is 14.3. The Kier molecular flexibility index (Phi) is 4.11. The summed E-state index contributed by atoms with van der Waals surface area (Å²) in [4.78, 5) is 12.7. The number of hydrogen-bond donors (Lipinski definition) is 0. The molecule has 1 aliphatic carbocycles. The molecule has 0 bridgehead atoms. The first kappa shape index (κ1) is 16.9. The molecule has 1 saturated carbocycles. The third kappa shape index (κ3) is 2.63. The molecule has 6 nitrogen and oxygen atoms in total. The van der Waals surface area contributed by atoms with Gasteiger partial charge in [0.15, 0.2) is 11.5 Å². The molecule has 1 fully saturated rings. The van der Waals surface area contributed by atoms with Crippen molar-refractivity contribution in [3.63, 3.8) is 0 Å². The molecular weight excluding hydrogens is 354 g/mol. The number of sulfonamides is 1. The van der Waals surface area contributed by atoms with Crippen molar-refractivity contribution in [3.05, 3.63) is 48.0 Å². The molecule has 4 rings (SSSR count). The number of rotatable bonds is 4. The van der Waals surface area contributed by atoms with E-state index in [1.54, 1.807) is 30.3 Å². The fourth-order valence-corrected chi connectivity index (χ4v) is 5.10. The standard InChI is InChI=1S/C19H19NO5S/c1-24-16-11-10-13(12-17(16)25-14-6-2-3-7-14)20-19(21)15-8-4-5-9-18(15)26(20,22)23/h4-5,8-12,14H,2-3,6-7H2,1H3. The zero-order valence-corrected chi connectivity index (χ0v) is 15.2. The fourth-order valence-electron chi connectivity index (χ4n) is 3.51. The normalized spacial score (nSPS) is 18.8. The van der Waals surface area contributed by atoms with Crippen LogP contribution in [-0.2, 0) is 10.0 Å². The van der Waals surface area contributed by atoms with Gasteiger partial charge in [-0.3, -0.25) is 4.79 Å². The largest absolute Gasteiger partial charge is 0.493 e. The summed E-state index contributed by atoms with van der Waals surface area (Å²) < 4.78 is 37.9. The maximum absolute atomic E-state index is 12.8. The number of nitrogens with zero attached hydrogens (tertiary/aromatic N) is 1. The number of ether oxygens (including phenoxy) is 2. The van der Waals surface area contributed by atoms with E-state index in [-0.39, 0.29) is 22.3 Å². The van der Waals surface area contributed by atoms with Crippen molar-refractivity contribution >= 4 is 21.6 Å². The molecule has 0 unspecified atom stereocenters. The Morgan fingerprint density at radius 1 is 1.04 bits per heavy atom. The van der Waals surface area contributed by atoms with Crippen LogP contribution in [0.4, 0.5) is 5.69 Å². The van der Waals surface area contributed by atoms with Gasteiger partial charge in [-0.1, -0.05) is 12.1 Å². The molecule has 136 valence electrons. The molecule has 0 N–H and O–H groups in total. The Labute approximate surface area is 152 Å². The second kappa shape index (κ2) is 6.32. The first-order valence-electron chi connectivity index (χ1n) is 8.56. The van der Waals surface area contributed by atoms with Crippen LogP contribution in [0.3, 0.4) is 0 Å². The van der Waals surface area contributed by atoms with Crippen molar-refractivity contribution < 1.29 is 22.7 Å². The van der Waals surface area contributed by atoms with Crippen LogP contribution in [0.15, 0.2) is 47.4 Å². The number of benzene rings is 2. The molecule has 1 heterocycles. The lowest BCUT2D eigenvalue weighted by Gasteiger charge is -2.20. The first-order valence-corrected chi connectivity index (χ1v) is 10.00. The predicted molar refractivity (Wildman–Crippen MR) is 96.3 cm³/mol. The van der Waals surface area contributed by atoms with E-state index in [4.69, 9.17) is 9.47 Å². The maximum Gasteiger partial charge on any atom is 0.273 e. The first-order chi connectivity index (χ1) is 12.5. The third-order valence-electron chi connectivity index (χ3n) is 4.80. The SMILES string of the molecule is COc1ccc(N2C(=O)c3ccccc3S2(=O)=O)cc1OC1CCCC1. The van der Waals surface area contributed by atoms with Crippen molar-refractivity contribution in [3.8, 4) is 11.5 Å². The summed E-state index contributed by atoms with van der Waals surface area (Å²) in [5.41, 5.74) is 0.432. The smallest absolute Gasteiger partial charge is 0.273 e. The topological polar surface area (TPSA) is 72.9 Å². The molecule has 0 saturated heterocycles. The van der Waals surface area contributed by atoms with Crippen molar-refractivity contribution in [2.75, 3.05) is 11.4 Å². The maximum atomic E-state index is 12.8. The van der Waals surface area contributed by atoms with Crippen LogP contribution in [0.25, 0.3) is 0 Å². The highest BCUT2D eigenvalue weighted by molar-refractivity contribution is 7.94. The Balaban J connectivity index is 1.75. The van der Waals surface area contributed by atoms with Crippen LogP contribution >= 0.6 is 0 Å². The minimum absolute atomic E-state index is 0.0269. The molecule has 0 atom stereocenters. The Morgan fingerprint density at radius 2 is 1.77 bits per heavy atom. The number of carbonyl (C=O) groups excluding carboxylic acids is 1. The highest BCUT2D eigenvalue weighted by Crippen LogP contribution is 2.39. The molecule has 2 aromatic rings.